The Bertz CT molecular complexity index is 397. The van der Waals surface area contributed by atoms with E-state index in [0.29, 0.717) is 12.3 Å². The molecule has 0 saturated carbocycles. The van der Waals surface area contributed by atoms with Crippen LogP contribution in [-0.4, -0.2) is 58.1 Å². The van der Waals surface area contributed by atoms with Gasteiger partial charge in [-0.3, -0.25) is 4.79 Å². The normalized spacial score (nSPS) is 19.2. The highest BCUT2D eigenvalue weighted by Crippen LogP contribution is 2.16. The molecule has 2 N–H and O–H groups in total. The maximum absolute atomic E-state index is 12.0. The number of nitrogens with zero attached hydrogens (tertiary/aromatic N) is 3. The van der Waals surface area contributed by atoms with Gasteiger partial charge in [0.25, 0.3) is 0 Å². The van der Waals surface area contributed by atoms with Crippen LogP contribution in [0.15, 0.2) is 11.2 Å². The van der Waals surface area contributed by atoms with Crippen LogP contribution in [-0.2, 0) is 4.79 Å². The summed E-state index contributed by atoms with van der Waals surface area (Å²) >= 11 is 1.65. The van der Waals surface area contributed by atoms with Gasteiger partial charge >= 0.3 is 0 Å². The minimum Gasteiger partial charge on any atom is -0.342 e. The van der Waals surface area contributed by atoms with Gasteiger partial charge in [-0.05, 0) is 18.8 Å². The molecule has 0 unspecified atom stereocenters. The molecule has 1 aliphatic rings. The standard InChI is InChI=1S/C13H23N5OS/c1-11-3-2-7-18(10-11)13(19)4-5-14-6-8-20-12-9-15-17-16-12/h9,11,14H,2-8,10H2,1H3,(H,15,16,17)/t11-/m1/s1. The third-order valence-electron chi connectivity index (χ3n) is 3.45. The van der Waals surface area contributed by atoms with Crippen molar-refractivity contribution in [2.75, 3.05) is 31.9 Å². The summed E-state index contributed by atoms with van der Waals surface area (Å²) in [6, 6.07) is 0. The fourth-order valence-corrected chi connectivity index (χ4v) is 3.07. The lowest BCUT2D eigenvalue weighted by Crippen LogP contribution is -2.40. The van der Waals surface area contributed by atoms with E-state index >= 15 is 0 Å². The molecule has 0 radical (unpaired) electrons. The summed E-state index contributed by atoms with van der Waals surface area (Å²) in [5.74, 6) is 1.87. The van der Waals surface area contributed by atoms with Crippen LogP contribution in [0.2, 0.25) is 0 Å². The molecular weight excluding hydrogens is 274 g/mol. The molecule has 20 heavy (non-hydrogen) atoms. The van der Waals surface area contributed by atoms with Gasteiger partial charge in [-0.15, -0.1) is 16.9 Å². The van der Waals surface area contributed by atoms with Crippen LogP contribution in [0.25, 0.3) is 0 Å². The largest absolute Gasteiger partial charge is 0.342 e. The highest BCUT2D eigenvalue weighted by molar-refractivity contribution is 7.99. The Morgan fingerprint density at radius 1 is 1.60 bits per heavy atom. The SMILES string of the molecule is C[C@@H]1CCCN(C(=O)CCNCCSc2cn[nH]n2)C1. The van der Waals surface area contributed by atoms with Crippen molar-refractivity contribution < 1.29 is 4.79 Å². The zero-order chi connectivity index (χ0) is 14.2. The Labute approximate surface area is 124 Å². The quantitative estimate of drug-likeness (QED) is 0.583. The smallest absolute Gasteiger partial charge is 0.223 e. The van der Waals surface area contributed by atoms with Crippen LogP contribution in [0.1, 0.15) is 26.2 Å². The van der Waals surface area contributed by atoms with Crippen molar-refractivity contribution in [1.29, 1.82) is 0 Å². The Morgan fingerprint density at radius 3 is 3.25 bits per heavy atom. The lowest BCUT2D eigenvalue weighted by molar-refractivity contribution is -0.132. The monoisotopic (exact) mass is 297 g/mol. The summed E-state index contributed by atoms with van der Waals surface area (Å²) < 4.78 is 0. The number of thioether (sulfide) groups is 1. The zero-order valence-corrected chi connectivity index (χ0v) is 12.8. The average molecular weight is 297 g/mol. The molecule has 2 rings (SSSR count). The highest BCUT2D eigenvalue weighted by atomic mass is 32.2. The number of carbonyl (C=O) groups excluding carboxylic acids is 1. The molecule has 1 fully saturated rings. The Hall–Kier alpha value is -1.08. The number of hydrogen-bond donors (Lipinski definition) is 2. The number of piperidine rings is 1. The van der Waals surface area contributed by atoms with E-state index in [0.717, 1.165) is 43.4 Å². The Balaban J connectivity index is 1.51. The maximum atomic E-state index is 12.0. The molecule has 1 aromatic rings. The summed E-state index contributed by atoms with van der Waals surface area (Å²) in [6.45, 7) is 5.72. The fourth-order valence-electron chi connectivity index (χ4n) is 2.38. The van der Waals surface area contributed by atoms with Gasteiger partial charge in [0, 0.05) is 38.4 Å². The van der Waals surface area contributed by atoms with Crippen LogP contribution in [0, 0.1) is 5.92 Å². The van der Waals surface area contributed by atoms with Crippen LogP contribution in [0.5, 0.6) is 0 Å². The second-order valence-electron chi connectivity index (χ2n) is 5.24. The Kier molecular flexibility index (Phi) is 6.32. The molecule has 6 nitrogen and oxygen atoms in total. The summed E-state index contributed by atoms with van der Waals surface area (Å²) in [7, 11) is 0. The second kappa shape index (κ2) is 8.26. The molecule has 0 spiro atoms. The highest BCUT2D eigenvalue weighted by Gasteiger charge is 2.20. The minimum atomic E-state index is 0.285. The molecule has 1 aliphatic heterocycles. The third kappa shape index (κ3) is 5.13. The predicted molar refractivity (Wildman–Crippen MR) is 79.6 cm³/mol. The van der Waals surface area contributed by atoms with E-state index < -0.39 is 0 Å². The molecule has 0 bridgehead atoms. The summed E-state index contributed by atoms with van der Waals surface area (Å²) in [5, 5.41) is 14.5. The van der Waals surface area contributed by atoms with Gasteiger partial charge in [0.05, 0.1) is 6.20 Å². The van der Waals surface area contributed by atoms with E-state index in [9.17, 15) is 4.79 Å². The van der Waals surface area contributed by atoms with Crippen molar-refractivity contribution in [3.05, 3.63) is 6.20 Å². The van der Waals surface area contributed by atoms with E-state index in [1.807, 2.05) is 4.90 Å². The minimum absolute atomic E-state index is 0.285. The van der Waals surface area contributed by atoms with E-state index in [1.54, 1.807) is 18.0 Å². The summed E-state index contributed by atoms with van der Waals surface area (Å²) in [5.41, 5.74) is 0. The van der Waals surface area contributed by atoms with E-state index in [2.05, 4.69) is 27.7 Å². The third-order valence-corrected chi connectivity index (χ3v) is 4.35. The molecule has 7 heteroatoms. The molecule has 1 saturated heterocycles. The number of aromatic amines is 1. The van der Waals surface area contributed by atoms with Crippen molar-refractivity contribution in [3.63, 3.8) is 0 Å². The maximum Gasteiger partial charge on any atom is 0.223 e. The lowest BCUT2D eigenvalue weighted by Gasteiger charge is -2.31. The predicted octanol–water partition coefficient (Wildman–Crippen LogP) is 1.13. The summed E-state index contributed by atoms with van der Waals surface area (Å²) in [6.07, 6.45) is 4.71. The van der Waals surface area contributed by atoms with Gasteiger partial charge in [-0.25, -0.2) is 0 Å². The van der Waals surface area contributed by atoms with Gasteiger partial charge in [0.2, 0.25) is 5.91 Å². The first-order chi connectivity index (χ1) is 9.75. The number of amides is 1. The van der Waals surface area contributed by atoms with Gasteiger partial charge in [-0.1, -0.05) is 6.92 Å². The van der Waals surface area contributed by atoms with Crippen LogP contribution in [0.3, 0.4) is 0 Å². The average Bonchev–Trinajstić information content (AvgIpc) is 2.95. The molecule has 0 aliphatic carbocycles. The van der Waals surface area contributed by atoms with Gasteiger partial charge in [0.1, 0.15) is 5.03 Å². The molecular formula is C13H23N5OS. The molecule has 0 aromatic carbocycles. The van der Waals surface area contributed by atoms with Crippen molar-refractivity contribution in [1.82, 2.24) is 25.6 Å². The Morgan fingerprint density at radius 2 is 2.50 bits per heavy atom. The molecule has 2 heterocycles. The number of nitrogens with one attached hydrogen (secondary N) is 2. The first-order valence-corrected chi connectivity index (χ1v) is 8.21. The molecule has 1 amide bonds. The van der Waals surface area contributed by atoms with Crippen LogP contribution in [0.4, 0.5) is 0 Å². The molecule has 112 valence electrons. The van der Waals surface area contributed by atoms with Crippen molar-refractivity contribution >= 4 is 17.7 Å². The number of carbonyl (C=O) groups is 1. The van der Waals surface area contributed by atoms with Gasteiger partial charge in [0.15, 0.2) is 0 Å². The number of hydrogen-bond acceptors (Lipinski definition) is 5. The number of aromatic nitrogens is 3. The second-order valence-corrected chi connectivity index (χ2v) is 6.36. The number of likely N-dealkylation sites (tertiary alicyclic amines) is 1. The molecule has 1 atom stereocenters. The molecule has 1 aromatic heterocycles. The lowest BCUT2D eigenvalue weighted by atomic mass is 10.00. The first-order valence-electron chi connectivity index (χ1n) is 7.23. The van der Waals surface area contributed by atoms with Crippen molar-refractivity contribution in [2.24, 2.45) is 5.92 Å². The van der Waals surface area contributed by atoms with Crippen LogP contribution >= 0.6 is 11.8 Å². The van der Waals surface area contributed by atoms with Gasteiger partial charge in [-0.2, -0.15) is 10.3 Å². The first kappa shape index (κ1) is 15.3. The van der Waals surface area contributed by atoms with Crippen LogP contribution < -0.4 is 5.32 Å². The number of H-pyrrole nitrogens is 1. The zero-order valence-electron chi connectivity index (χ0n) is 12.0. The van der Waals surface area contributed by atoms with Crippen molar-refractivity contribution in [3.8, 4) is 0 Å². The van der Waals surface area contributed by atoms with E-state index in [-0.39, 0.29) is 5.91 Å². The topological polar surface area (TPSA) is 73.9 Å². The summed E-state index contributed by atoms with van der Waals surface area (Å²) in [4.78, 5) is 14.0. The van der Waals surface area contributed by atoms with E-state index in [4.69, 9.17) is 0 Å². The fraction of sp³-hybridized carbons (Fsp3) is 0.769. The van der Waals surface area contributed by atoms with E-state index in [1.165, 1.54) is 6.42 Å². The number of rotatable bonds is 7. The van der Waals surface area contributed by atoms with Crippen molar-refractivity contribution in [2.45, 2.75) is 31.2 Å². The van der Waals surface area contributed by atoms with Gasteiger partial charge < -0.3 is 10.2 Å².